The van der Waals surface area contributed by atoms with Gasteiger partial charge in [0.2, 0.25) is 0 Å². The van der Waals surface area contributed by atoms with Crippen LogP contribution < -0.4 is 10.6 Å². The molecule has 0 saturated heterocycles. The minimum absolute atomic E-state index is 0.0759. The molecule has 1 saturated carbocycles. The summed E-state index contributed by atoms with van der Waals surface area (Å²) in [6.45, 7) is 3.02. The average molecular weight is 351 g/mol. The number of anilines is 1. The Labute approximate surface area is 132 Å². The highest BCUT2D eigenvalue weighted by molar-refractivity contribution is 9.10. The lowest BCUT2D eigenvalue weighted by Gasteiger charge is -2.26. The van der Waals surface area contributed by atoms with Gasteiger partial charge < -0.3 is 10.6 Å². The van der Waals surface area contributed by atoms with Crippen LogP contribution in [0.2, 0.25) is 0 Å². The zero-order chi connectivity index (χ0) is 14.1. The number of nitrogens with zero attached hydrogens (tertiary/aromatic N) is 1. The van der Waals surface area contributed by atoms with E-state index in [4.69, 9.17) is 5.73 Å². The summed E-state index contributed by atoms with van der Waals surface area (Å²) in [5.74, 6) is 0. The van der Waals surface area contributed by atoms with Crippen molar-refractivity contribution >= 4 is 33.0 Å². The van der Waals surface area contributed by atoms with Gasteiger partial charge in [0.15, 0.2) is 0 Å². The lowest BCUT2D eigenvalue weighted by Crippen LogP contribution is -2.25. The van der Waals surface area contributed by atoms with Crippen LogP contribution in [0.5, 0.6) is 0 Å². The van der Waals surface area contributed by atoms with Crippen LogP contribution in [-0.4, -0.2) is 6.04 Å². The fourth-order valence-corrected chi connectivity index (χ4v) is 3.73. The largest absolute Gasteiger partial charge is 0.362 e. The Morgan fingerprint density at radius 2 is 2.20 bits per heavy atom. The van der Waals surface area contributed by atoms with Crippen molar-refractivity contribution in [2.45, 2.75) is 38.4 Å². The maximum atomic E-state index is 5.96. The molecule has 4 heteroatoms. The third-order valence-corrected chi connectivity index (χ3v) is 5.20. The lowest BCUT2D eigenvalue weighted by atomic mass is 10.1. The van der Waals surface area contributed by atoms with Gasteiger partial charge in [-0.15, -0.1) is 11.3 Å². The third-order valence-electron chi connectivity index (χ3n) is 3.70. The van der Waals surface area contributed by atoms with Gasteiger partial charge in [-0.2, -0.15) is 0 Å². The van der Waals surface area contributed by atoms with E-state index in [0.29, 0.717) is 6.04 Å². The third kappa shape index (κ3) is 3.08. The average Bonchev–Trinajstić information content (AvgIpc) is 3.14. The number of benzene rings is 1. The molecule has 20 heavy (non-hydrogen) atoms. The van der Waals surface area contributed by atoms with Crippen molar-refractivity contribution in [3.63, 3.8) is 0 Å². The van der Waals surface area contributed by atoms with Gasteiger partial charge >= 0.3 is 0 Å². The second-order valence-corrected chi connectivity index (χ2v) is 7.32. The van der Waals surface area contributed by atoms with Crippen LogP contribution in [0.25, 0.3) is 0 Å². The van der Waals surface area contributed by atoms with Crippen molar-refractivity contribution in [2.75, 3.05) is 4.90 Å². The first-order valence-corrected chi connectivity index (χ1v) is 8.66. The molecule has 0 spiro atoms. The van der Waals surface area contributed by atoms with Gasteiger partial charge in [0.05, 0.1) is 12.2 Å². The highest BCUT2D eigenvalue weighted by atomic mass is 79.9. The zero-order valence-electron chi connectivity index (χ0n) is 11.6. The molecular weight excluding hydrogens is 332 g/mol. The van der Waals surface area contributed by atoms with Crippen molar-refractivity contribution in [1.29, 1.82) is 0 Å². The maximum absolute atomic E-state index is 5.96. The Bertz CT molecular complexity index is 576. The summed E-state index contributed by atoms with van der Waals surface area (Å²) in [5.41, 5.74) is 8.41. The summed E-state index contributed by atoms with van der Waals surface area (Å²) < 4.78 is 1.15. The Hall–Kier alpha value is -0.840. The molecular formula is C16H19BrN2S. The first-order chi connectivity index (χ1) is 9.65. The Morgan fingerprint density at radius 1 is 1.40 bits per heavy atom. The summed E-state index contributed by atoms with van der Waals surface area (Å²) in [6.07, 6.45) is 2.60. The standard InChI is InChI=1S/C16H19BrN2S/c1-11(18)12-4-7-16(15(17)9-12)19(13-5-6-13)10-14-3-2-8-20-14/h2-4,7-9,11,13H,5-6,10,18H2,1H3/t11-/m1/s1. The molecule has 1 aliphatic rings. The molecule has 3 rings (SSSR count). The van der Waals surface area contributed by atoms with E-state index in [1.807, 2.05) is 18.3 Å². The highest BCUT2D eigenvalue weighted by Gasteiger charge is 2.30. The minimum atomic E-state index is 0.0759. The molecule has 1 atom stereocenters. The highest BCUT2D eigenvalue weighted by Crippen LogP contribution is 2.38. The van der Waals surface area contributed by atoms with E-state index in [-0.39, 0.29) is 6.04 Å². The smallest absolute Gasteiger partial charge is 0.0526 e. The van der Waals surface area contributed by atoms with Crippen molar-refractivity contribution in [3.8, 4) is 0 Å². The van der Waals surface area contributed by atoms with Gasteiger partial charge in [0, 0.05) is 21.4 Å². The van der Waals surface area contributed by atoms with Crippen LogP contribution in [0, 0.1) is 0 Å². The number of rotatable bonds is 5. The second-order valence-electron chi connectivity index (χ2n) is 5.44. The van der Waals surface area contributed by atoms with E-state index in [2.05, 4.69) is 56.5 Å². The first-order valence-electron chi connectivity index (χ1n) is 6.99. The SMILES string of the molecule is C[C@@H](N)c1ccc(N(Cc2cccs2)C2CC2)c(Br)c1. The molecule has 0 radical (unpaired) electrons. The summed E-state index contributed by atoms with van der Waals surface area (Å²) in [7, 11) is 0. The molecule has 1 fully saturated rings. The van der Waals surface area contributed by atoms with E-state index >= 15 is 0 Å². The van der Waals surface area contributed by atoms with E-state index < -0.39 is 0 Å². The van der Waals surface area contributed by atoms with Gasteiger partial charge in [-0.3, -0.25) is 0 Å². The summed E-state index contributed by atoms with van der Waals surface area (Å²) in [4.78, 5) is 3.93. The van der Waals surface area contributed by atoms with Crippen molar-refractivity contribution in [2.24, 2.45) is 5.73 Å². The van der Waals surface area contributed by atoms with Crippen LogP contribution in [0.15, 0.2) is 40.2 Å². The predicted molar refractivity (Wildman–Crippen MR) is 90.3 cm³/mol. The Balaban J connectivity index is 1.87. The van der Waals surface area contributed by atoms with Crippen molar-refractivity contribution in [3.05, 3.63) is 50.6 Å². The molecule has 1 heterocycles. The summed E-state index contributed by atoms with van der Waals surface area (Å²) >= 11 is 5.55. The van der Waals surface area contributed by atoms with Gasteiger partial charge in [-0.25, -0.2) is 0 Å². The molecule has 2 nitrogen and oxygen atoms in total. The molecule has 1 aromatic heterocycles. The number of halogens is 1. The van der Waals surface area contributed by atoms with Gasteiger partial charge in [0.25, 0.3) is 0 Å². The van der Waals surface area contributed by atoms with Gasteiger partial charge in [0.1, 0.15) is 0 Å². The molecule has 2 N–H and O–H groups in total. The summed E-state index contributed by atoms with van der Waals surface area (Å²) in [5, 5.41) is 2.15. The van der Waals surface area contributed by atoms with E-state index in [0.717, 1.165) is 11.0 Å². The number of hydrogen-bond donors (Lipinski definition) is 1. The van der Waals surface area contributed by atoms with Gasteiger partial charge in [-0.05, 0) is 64.8 Å². The fraction of sp³-hybridized carbons (Fsp3) is 0.375. The summed E-state index contributed by atoms with van der Waals surface area (Å²) in [6, 6.07) is 11.6. The zero-order valence-corrected chi connectivity index (χ0v) is 14.0. The van der Waals surface area contributed by atoms with Crippen LogP contribution >= 0.6 is 27.3 Å². The van der Waals surface area contributed by atoms with E-state index in [9.17, 15) is 0 Å². The van der Waals surface area contributed by atoms with Crippen LogP contribution in [0.1, 0.15) is 36.2 Å². The first kappa shape index (κ1) is 14.1. The molecule has 0 unspecified atom stereocenters. The van der Waals surface area contributed by atoms with Crippen LogP contribution in [-0.2, 0) is 6.54 Å². The fourth-order valence-electron chi connectivity index (χ4n) is 2.41. The Kier molecular flexibility index (Phi) is 4.15. The van der Waals surface area contributed by atoms with Gasteiger partial charge in [-0.1, -0.05) is 12.1 Å². The lowest BCUT2D eigenvalue weighted by molar-refractivity contribution is 0.793. The molecule has 0 amide bonds. The number of hydrogen-bond acceptors (Lipinski definition) is 3. The number of nitrogens with two attached hydrogens (primary N) is 1. The Morgan fingerprint density at radius 3 is 2.75 bits per heavy atom. The van der Waals surface area contributed by atoms with Crippen LogP contribution in [0.3, 0.4) is 0 Å². The normalized spacial score (nSPS) is 16.1. The van der Waals surface area contributed by atoms with Crippen molar-refractivity contribution < 1.29 is 0 Å². The van der Waals surface area contributed by atoms with E-state index in [1.54, 1.807) is 0 Å². The minimum Gasteiger partial charge on any atom is -0.362 e. The second kappa shape index (κ2) is 5.88. The molecule has 2 aromatic rings. The molecule has 0 bridgehead atoms. The van der Waals surface area contributed by atoms with Crippen LogP contribution in [0.4, 0.5) is 5.69 Å². The maximum Gasteiger partial charge on any atom is 0.0526 e. The molecule has 0 aliphatic heterocycles. The molecule has 1 aromatic carbocycles. The van der Waals surface area contributed by atoms with E-state index in [1.165, 1.54) is 29.0 Å². The number of thiophene rings is 1. The molecule has 1 aliphatic carbocycles. The topological polar surface area (TPSA) is 29.3 Å². The molecule has 106 valence electrons. The quantitative estimate of drug-likeness (QED) is 0.846. The monoisotopic (exact) mass is 350 g/mol. The van der Waals surface area contributed by atoms with Crippen molar-refractivity contribution in [1.82, 2.24) is 0 Å². The predicted octanol–water partition coefficient (Wildman–Crippen LogP) is 4.70.